The molecular formula is C12H16FN3O6. The molecule has 1 rings (SSSR count). The Morgan fingerprint density at radius 2 is 2.00 bits per heavy atom. The van der Waals surface area contributed by atoms with Crippen LogP contribution in [-0.4, -0.2) is 33.8 Å². The maximum Gasteiger partial charge on any atom is 0.408 e. The molecule has 10 heteroatoms. The highest BCUT2D eigenvalue weighted by atomic mass is 19.1. The number of nitrogens with one attached hydrogen (secondary N) is 2. The van der Waals surface area contributed by atoms with Crippen molar-refractivity contribution in [1.82, 2.24) is 14.9 Å². The number of hydrogen-bond acceptors (Lipinski definition) is 6. The van der Waals surface area contributed by atoms with Crippen molar-refractivity contribution in [3.63, 3.8) is 0 Å². The van der Waals surface area contributed by atoms with Crippen molar-refractivity contribution in [1.29, 1.82) is 0 Å². The lowest BCUT2D eigenvalue weighted by molar-refractivity contribution is -0.146. The number of halogens is 1. The topological polar surface area (TPSA) is 119 Å². The molecule has 22 heavy (non-hydrogen) atoms. The van der Waals surface area contributed by atoms with E-state index in [9.17, 15) is 23.6 Å². The SMILES string of the molecule is CC(C)(C)OC(=O)NCC(=O)OCn1cc(F)c(=O)[nH]c1=O. The summed E-state index contributed by atoms with van der Waals surface area (Å²) in [5.74, 6) is -2.06. The molecule has 2 N–H and O–H groups in total. The summed E-state index contributed by atoms with van der Waals surface area (Å²) < 4.78 is 23.2. The molecule has 0 aliphatic rings. The van der Waals surface area contributed by atoms with E-state index in [1.54, 1.807) is 25.8 Å². The van der Waals surface area contributed by atoms with Gasteiger partial charge in [-0.05, 0) is 20.8 Å². The molecule has 0 radical (unpaired) electrons. The number of hydrogen-bond donors (Lipinski definition) is 2. The van der Waals surface area contributed by atoms with Gasteiger partial charge in [-0.25, -0.2) is 9.59 Å². The number of H-pyrrole nitrogens is 1. The highest BCUT2D eigenvalue weighted by Crippen LogP contribution is 2.06. The lowest BCUT2D eigenvalue weighted by atomic mass is 10.2. The molecule has 0 atom stereocenters. The summed E-state index contributed by atoms with van der Waals surface area (Å²) in [5, 5.41) is 2.16. The van der Waals surface area contributed by atoms with E-state index in [1.165, 1.54) is 0 Å². The summed E-state index contributed by atoms with van der Waals surface area (Å²) in [6.07, 6.45) is -0.202. The monoisotopic (exact) mass is 317 g/mol. The van der Waals surface area contributed by atoms with Gasteiger partial charge in [-0.15, -0.1) is 0 Å². The van der Waals surface area contributed by atoms with Crippen LogP contribution >= 0.6 is 0 Å². The van der Waals surface area contributed by atoms with Gasteiger partial charge in [0.25, 0.3) is 5.56 Å². The van der Waals surface area contributed by atoms with E-state index >= 15 is 0 Å². The molecule has 1 heterocycles. The van der Waals surface area contributed by atoms with Crippen LogP contribution in [0.3, 0.4) is 0 Å². The average molecular weight is 317 g/mol. The molecule has 0 bridgehead atoms. The lowest BCUT2D eigenvalue weighted by Gasteiger charge is -2.19. The van der Waals surface area contributed by atoms with Crippen molar-refractivity contribution in [2.45, 2.75) is 33.1 Å². The number of aromatic amines is 1. The van der Waals surface area contributed by atoms with Crippen LogP contribution in [-0.2, 0) is 21.0 Å². The quantitative estimate of drug-likeness (QED) is 0.736. The van der Waals surface area contributed by atoms with Crippen LogP contribution in [0.4, 0.5) is 9.18 Å². The van der Waals surface area contributed by atoms with Crippen LogP contribution in [0.1, 0.15) is 20.8 Å². The number of nitrogens with zero attached hydrogens (tertiary/aromatic N) is 1. The first kappa shape index (κ1) is 17.4. The first-order chi connectivity index (χ1) is 10.1. The summed E-state index contributed by atoms with van der Waals surface area (Å²) in [5.41, 5.74) is -2.81. The third kappa shape index (κ3) is 5.77. The molecule has 0 unspecified atom stereocenters. The molecule has 0 fully saturated rings. The molecule has 1 aromatic rings. The number of aromatic nitrogens is 2. The van der Waals surface area contributed by atoms with Gasteiger partial charge in [0.1, 0.15) is 12.1 Å². The Kier molecular flexibility index (Phi) is 5.44. The lowest BCUT2D eigenvalue weighted by Crippen LogP contribution is -2.37. The van der Waals surface area contributed by atoms with Crippen molar-refractivity contribution >= 4 is 12.1 Å². The zero-order chi connectivity index (χ0) is 16.9. The van der Waals surface area contributed by atoms with Crippen molar-refractivity contribution in [2.75, 3.05) is 6.54 Å². The van der Waals surface area contributed by atoms with Gasteiger partial charge in [-0.3, -0.25) is 19.1 Å². The predicted molar refractivity (Wildman–Crippen MR) is 71.6 cm³/mol. The molecule has 0 aliphatic heterocycles. The minimum absolute atomic E-state index is 0.491. The van der Waals surface area contributed by atoms with Gasteiger partial charge in [0.15, 0.2) is 6.73 Å². The second-order valence-corrected chi connectivity index (χ2v) is 5.21. The molecule has 0 aromatic carbocycles. The molecule has 1 aromatic heterocycles. The first-order valence-corrected chi connectivity index (χ1v) is 6.20. The third-order valence-electron chi connectivity index (χ3n) is 2.11. The van der Waals surface area contributed by atoms with Gasteiger partial charge in [0, 0.05) is 0 Å². The normalized spacial score (nSPS) is 10.9. The summed E-state index contributed by atoms with van der Waals surface area (Å²) in [4.78, 5) is 46.5. The summed E-state index contributed by atoms with van der Waals surface area (Å²) in [6.45, 7) is 3.86. The Morgan fingerprint density at radius 1 is 1.36 bits per heavy atom. The number of rotatable bonds is 4. The van der Waals surface area contributed by atoms with E-state index in [0.29, 0.717) is 10.8 Å². The van der Waals surface area contributed by atoms with E-state index in [2.05, 4.69) is 10.1 Å². The van der Waals surface area contributed by atoms with E-state index < -0.39 is 48.0 Å². The third-order valence-corrected chi connectivity index (χ3v) is 2.11. The number of carbonyl (C=O) groups excluding carboxylic acids is 2. The number of carbonyl (C=O) groups is 2. The average Bonchev–Trinajstić information content (AvgIpc) is 2.37. The smallest absolute Gasteiger partial charge is 0.408 e. The molecule has 0 aliphatic carbocycles. The molecular weight excluding hydrogens is 301 g/mol. The largest absolute Gasteiger partial charge is 0.444 e. The van der Waals surface area contributed by atoms with E-state index in [0.717, 1.165) is 0 Å². The Hall–Kier alpha value is -2.65. The fraction of sp³-hybridized carbons (Fsp3) is 0.500. The number of amides is 1. The Balaban J connectivity index is 2.47. The van der Waals surface area contributed by atoms with Crippen molar-refractivity contribution in [2.24, 2.45) is 0 Å². The van der Waals surface area contributed by atoms with Crippen LogP contribution in [0.15, 0.2) is 15.8 Å². The summed E-state index contributed by atoms with van der Waals surface area (Å²) in [6, 6.07) is 0. The highest BCUT2D eigenvalue weighted by molar-refractivity contribution is 5.77. The standard InChI is InChI=1S/C12H16FN3O6/c1-12(2,3)22-11(20)14-4-8(17)21-6-16-5-7(13)9(18)15-10(16)19/h5H,4,6H2,1-3H3,(H,14,20)(H,15,18,19). The minimum atomic E-state index is -1.19. The van der Waals surface area contributed by atoms with Gasteiger partial charge in [-0.1, -0.05) is 0 Å². The fourth-order valence-corrected chi connectivity index (χ4v) is 1.23. The summed E-state index contributed by atoms with van der Waals surface area (Å²) >= 11 is 0. The first-order valence-electron chi connectivity index (χ1n) is 6.20. The Bertz CT molecular complexity index is 673. The fourth-order valence-electron chi connectivity index (χ4n) is 1.23. The van der Waals surface area contributed by atoms with Crippen LogP contribution in [0, 0.1) is 5.82 Å². The van der Waals surface area contributed by atoms with Crippen LogP contribution in [0.25, 0.3) is 0 Å². The molecule has 1 amide bonds. The molecule has 9 nitrogen and oxygen atoms in total. The van der Waals surface area contributed by atoms with Gasteiger partial charge in [0.05, 0.1) is 6.20 Å². The van der Waals surface area contributed by atoms with E-state index in [4.69, 9.17) is 4.74 Å². The minimum Gasteiger partial charge on any atom is -0.444 e. The maximum absolute atomic E-state index is 13.0. The predicted octanol–water partition coefficient (Wildman–Crippen LogP) is -0.299. The summed E-state index contributed by atoms with van der Waals surface area (Å²) in [7, 11) is 0. The second-order valence-electron chi connectivity index (χ2n) is 5.21. The number of ether oxygens (including phenoxy) is 2. The van der Waals surface area contributed by atoms with Gasteiger partial charge in [-0.2, -0.15) is 4.39 Å². The van der Waals surface area contributed by atoms with Crippen LogP contribution in [0.2, 0.25) is 0 Å². The van der Waals surface area contributed by atoms with Crippen LogP contribution < -0.4 is 16.6 Å². The zero-order valence-electron chi connectivity index (χ0n) is 12.3. The molecule has 0 spiro atoms. The number of alkyl carbamates (subject to hydrolysis) is 1. The maximum atomic E-state index is 13.0. The van der Waals surface area contributed by atoms with Gasteiger partial charge >= 0.3 is 17.8 Å². The van der Waals surface area contributed by atoms with Gasteiger partial charge in [0.2, 0.25) is 5.82 Å². The molecule has 0 saturated heterocycles. The van der Waals surface area contributed by atoms with Crippen molar-refractivity contribution in [3.05, 3.63) is 32.9 Å². The van der Waals surface area contributed by atoms with Crippen LogP contribution in [0.5, 0.6) is 0 Å². The molecule has 122 valence electrons. The van der Waals surface area contributed by atoms with Crippen molar-refractivity contribution < 1.29 is 23.5 Å². The van der Waals surface area contributed by atoms with E-state index in [1.807, 2.05) is 0 Å². The van der Waals surface area contributed by atoms with Gasteiger partial charge < -0.3 is 14.8 Å². The zero-order valence-corrected chi connectivity index (χ0v) is 12.3. The molecule has 0 saturated carbocycles. The Labute approximate surface area is 124 Å². The second kappa shape index (κ2) is 6.87. The number of esters is 1. The van der Waals surface area contributed by atoms with E-state index in [-0.39, 0.29) is 0 Å². The highest BCUT2D eigenvalue weighted by Gasteiger charge is 2.17. The van der Waals surface area contributed by atoms with Crippen molar-refractivity contribution in [3.8, 4) is 0 Å². The Morgan fingerprint density at radius 3 is 2.59 bits per heavy atom.